The van der Waals surface area contributed by atoms with E-state index < -0.39 is 0 Å². The molecule has 1 heterocycles. The molecule has 0 saturated carbocycles. The quantitative estimate of drug-likeness (QED) is 0.732. The average Bonchev–Trinajstić information content (AvgIpc) is 2.64. The van der Waals surface area contributed by atoms with Gasteiger partial charge in [0.15, 0.2) is 5.69 Å². The van der Waals surface area contributed by atoms with Gasteiger partial charge >= 0.3 is 0 Å². The van der Waals surface area contributed by atoms with Crippen molar-refractivity contribution >= 4 is 16.7 Å². The van der Waals surface area contributed by atoms with Crippen LogP contribution < -0.4 is 10.3 Å². The first-order valence-electron chi connectivity index (χ1n) is 7.85. The van der Waals surface area contributed by atoms with E-state index in [2.05, 4.69) is 5.10 Å². The molecule has 0 aliphatic heterocycles. The smallest absolute Gasteiger partial charge is 0.274 e. The van der Waals surface area contributed by atoms with E-state index in [9.17, 15) is 9.59 Å². The number of rotatable bonds is 4. The highest BCUT2D eigenvalue weighted by Crippen LogP contribution is 2.17. The monoisotopic (exact) mass is 337 g/mol. The van der Waals surface area contributed by atoms with E-state index in [4.69, 9.17) is 4.74 Å². The maximum Gasteiger partial charge on any atom is 0.274 e. The minimum atomic E-state index is -0.234. The molecule has 0 aliphatic rings. The lowest BCUT2D eigenvalue weighted by Gasteiger charge is -2.18. The number of carbonyl (C=O) groups is 1. The maximum atomic E-state index is 12.9. The fourth-order valence-corrected chi connectivity index (χ4v) is 2.72. The van der Waals surface area contributed by atoms with E-state index >= 15 is 0 Å². The molecule has 3 aromatic rings. The van der Waals surface area contributed by atoms with Crippen molar-refractivity contribution in [3.8, 4) is 5.75 Å². The van der Waals surface area contributed by atoms with Gasteiger partial charge in [0.25, 0.3) is 11.5 Å². The van der Waals surface area contributed by atoms with Crippen LogP contribution in [0.3, 0.4) is 0 Å². The molecule has 25 heavy (non-hydrogen) atoms. The standard InChI is InChI=1S/C19H19N3O3/c1-21(12-13-8-10-14(25-3)11-9-13)19(24)17-15-6-4-5-7-16(15)18(23)22(2)20-17/h4-11H,12H2,1-3H3. The molecule has 0 bridgehead atoms. The normalized spacial score (nSPS) is 10.7. The summed E-state index contributed by atoms with van der Waals surface area (Å²) in [7, 11) is 4.88. The van der Waals surface area contributed by atoms with Crippen LogP contribution in [0.4, 0.5) is 0 Å². The van der Waals surface area contributed by atoms with Gasteiger partial charge in [0.2, 0.25) is 0 Å². The van der Waals surface area contributed by atoms with E-state index in [0.29, 0.717) is 17.3 Å². The zero-order chi connectivity index (χ0) is 18.0. The fourth-order valence-electron chi connectivity index (χ4n) is 2.72. The highest BCUT2D eigenvalue weighted by atomic mass is 16.5. The van der Waals surface area contributed by atoms with Crippen molar-refractivity contribution in [1.82, 2.24) is 14.7 Å². The van der Waals surface area contributed by atoms with Crippen LogP contribution in [0.5, 0.6) is 5.75 Å². The van der Waals surface area contributed by atoms with E-state index in [-0.39, 0.29) is 17.2 Å². The molecule has 2 aromatic carbocycles. The van der Waals surface area contributed by atoms with Gasteiger partial charge in [-0.15, -0.1) is 0 Å². The second kappa shape index (κ2) is 6.76. The number of amides is 1. The van der Waals surface area contributed by atoms with Crippen molar-refractivity contribution < 1.29 is 9.53 Å². The van der Waals surface area contributed by atoms with Crippen LogP contribution in [0.15, 0.2) is 53.3 Å². The average molecular weight is 337 g/mol. The number of nitrogens with zero attached hydrogens (tertiary/aromatic N) is 3. The predicted molar refractivity (Wildman–Crippen MR) is 95.8 cm³/mol. The fraction of sp³-hybridized carbons (Fsp3) is 0.211. The van der Waals surface area contributed by atoms with Crippen molar-refractivity contribution in [2.45, 2.75) is 6.54 Å². The number of aryl methyl sites for hydroxylation is 1. The van der Waals surface area contributed by atoms with Gasteiger partial charge in [-0.3, -0.25) is 9.59 Å². The third kappa shape index (κ3) is 3.24. The molecule has 0 saturated heterocycles. The summed E-state index contributed by atoms with van der Waals surface area (Å²) in [6.07, 6.45) is 0. The van der Waals surface area contributed by atoms with Crippen LogP contribution in [-0.4, -0.2) is 34.7 Å². The highest BCUT2D eigenvalue weighted by molar-refractivity contribution is 6.04. The van der Waals surface area contributed by atoms with Crippen LogP contribution in [-0.2, 0) is 13.6 Å². The summed E-state index contributed by atoms with van der Waals surface area (Å²) in [5.74, 6) is 0.533. The Morgan fingerprint density at radius 1 is 1.12 bits per heavy atom. The lowest BCUT2D eigenvalue weighted by molar-refractivity contribution is 0.0779. The third-order valence-electron chi connectivity index (χ3n) is 4.08. The number of aromatic nitrogens is 2. The summed E-state index contributed by atoms with van der Waals surface area (Å²) >= 11 is 0. The van der Waals surface area contributed by atoms with Gasteiger partial charge in [-0.25, -0.2) is 4.68 Å². The Bertz CT molecular complexity index is 977. The van der Waals surface area contributed by atoms with E-state index in [1.54, 1.807) is 50.4 Å². The number of methoxy groups -OCH3 is 1. The zero-order valence-corrected chi connectivity index (χ0v) is 14.4. The van der Waals surface area contributed by atoms with Crippen molar-refractivity contribution in [2.24, 2.45) is 7.05 Å². The van der Waals surface area contributed by atoms with Crippen LogP contribution in [0.2, 0.25) is 0 Å². The van der Waals surface area contributed by atoms with E-state index in [1.165, 1.54) is 4.68 Å². The third-order valence-corrected chi connectivity index (χ3v) is 4.08. The van der Waals surface area contributed by atoms with Gasteiger partial charge in [0, 0.05) is 26.0 Å². The van der Waals surface area contributed by atoms with Crippen molar-refractivity contribution in [3.05, 3.63) is 70.1 Å². The van der Waals surface area contributed by atoms with Crippen LogP contribution >= 0.6 is 0 Å². The number of hydrogen-bond donors (Lipinski definition) is 0. The lowest BCUT2D eigenvalue weighted by atomic mass is 10.1. The SMILES string of the molecule is COc1ccc(CN(C)C(=O)c2nn(C)c(=O)c3ccccc23)cc1. The van der Waals surface area contributed by atoms with E-state index in [0.717, 1.165) is 11.3 Å². The molecule has 0 unspecified atom stereocenters. The van der Waals surface area contributed by atoms with Gasteiger partial charge in [-0.05, 0) is 23.8 Å². The molecule has 6 heteroatoms. The number of benzene rings is 2. The highest BCUT2D eigenvalue weighted by Gasteiger charge is 2.19. The summed E-state index contributed by atoms with van der Waals surface area (Å²) in [6.45, 7) is 0.432. The Labute approximate surface area is 145 Å². The molecular formula is C19H19N3O3. The number of fused-ring (bicyclic) bond motifs is 1. The van der Waals surface area contributed by atoms with Crippen LogP contribution in [0.1, 0.15) is 16.1 Å². The number of carbonyl (C=O) groups excluding carboxylic acids is 1. The van der Waals surface area contributed by atoms with Crippen molar-refractivity contribution in [3.63, 3.8) is 0 Å². The minimum Gasteiger partial charge on any atom is -0.497 e. The molecule has 0 spiro atoms. The first-order valence-corrected chi connectivity index (χ1v) is 7.85. The summed E-state index contributed by atoms with van der Waals surface area (Å²) in [6, 6.07) is 14.6. The summed E-state index contributed by atoms with van der Waals surface area (Å²) in [4.78, 5) is 26.6. The Kier molecular flexibility index (Phi) is 4.52. The predicted octanol–water partition coefficient (Wildman–Crippen LogP) is 2.21. The molecule has 1 amide bonds. The van der Waals surface area contributed by atoms with Crippen LogP contribution in [0.25, 0.3) is 10.8 Å². The molecule has 6 nitrogen and oxygen atoms in total. The minimum absolute atomic E-state index is 0.218. The van der Waals surface area contributed by atoms with Crippen molar-refractivity contribution in [1.29, 1.82) is 0 Å². The lowest BCUT2D eigenvalue weighted by Crippen LogP contribution is -2.30. The van der Waals surface area contributed by atoms with Gasteiger partial charge in [-0.2, -0.15) is 5.10 Å². The topological polar surface area (TPSA) is 64.4 Å². The number of hydrogen-bond acceptors (Lipinski definition) is 4. The Balaban J connectivity index is 1.93. The van der Waals surface area contributed by atoms with Gasteiger partial charge < -0.3 is 9.64 Å². The molecule has 0 N–H and O–H groups in total. The largest absolute Gasteiger partial charge is 0.497 e. The van der Waals surface area contributed by atoms with E-state index in [1.807, 2.05) is 24.3 Å². The summed E-state index contributed by atoms with van der Waals surface area (Å²) < 4.78 is 6.35. The Hall–Kier alpha value is -3.15. The zero-order valence-electron chi connectivity index (χ0n) is 14.4. The second-order valence-corrected chi connectivity index (χ2v) is 5.83. The first kappa shape index (κ1) is 16.7. The Morgan fingerprint density at radius 3 is 2.40 bits per heavy atom. The first-order chi connectivity index (χ1) is 12.0. The molecule has 0 atom stereocenters. The molecule has 0 fully saturated rings. The molecular weight excluding hydrogens is 318 g/mol. The second-order valence-electron chi connectivity index (χ2n) is 5.83. The van der Waals surface area contributed by atoms with Gasteiger partial charge in [0.05, 0.1) is 12.5 Å². The summed E-state index contributed by atoms with van der Waals surface area (Å²) in [5, 5.41) is 5.24. The van der Waals surface area contributed by atoms with Crippen LogP contribution in [0, 0.1) is 0 Å². The number of ether oxygens (including phenoxy) is 1. The van der Waals surface area contributed by atoms with Crippen molar-refractivity contribution in [2.75, 3.05) is 14.2 Å². The molecule has 3 rings (SSSR count). The molecule has 1 aromatic heterocycles. The van der Waals surface area contributed by atoms with Gasteiger partial charge in [-0.1, -0.05) is 30.3 Å². The molecule has 0 aliphatic carbocycles. The Morgan fingerprint density at radius 2 is 1.76 bits per heavy atom. The van der Waals surface area contributed by atoms with Gasteiger partial charge in [0.1, 0.15) is 5.75 Å². The summed E-state index contributed by atoms with van der Waals surface area (Å²) in [5.41, 5.74) is 1.03. The molecule has 0 radical (unpaired) electrons. The molecule has 128 valence electrons. The maximum absolute atomic E-state index is 12.9.